The highest BCUT2D eigenvalue weighted by Crippen LogP contribution is 2.16. The highest BCUT2D eigenvalue weighted by molar-refractivity contribution is 7.84. The van der Waals surface area contributed by atoms with E-state index in [9.17, 15) is 8.60 Å². The molecule has 0 heterocycles. The van der Waals surface area contributed by atoms with Crippen molar-refractivity contribution in [3.63, 3.8) is 0 Å². The second-order valence-electron chi connectivity index (χ2n) is 3.17. The molecule has 0 radical (unpaired) electrons. The zero-order valence-electron chi connectivity index (χ0n) is 8.21. The zero-order chi connectivity index (χ0) is 11.3. The first-order valence-electron chi connectivity index (χ1n) is 4.62. The third-order valence-corrected chi connectivity index (χ3v) is 3.52. The van der Waals surface area contributed by atoms with E-state index in [1.807, 2.05) is 0 Å². The average Bonchev–Trinajstić information content (AvgIpc) is 2.19. The Kier molecular flexibility index (Phi) is 5.22. The summed E-state index contributed by atoms with van der Waals surface area (Å²) in [6.07, 6.45) is 0.696. The molecule has 0 aliphatic rings. The van der Waals surface area contributed by atoms with Gasteiger partial charge in [-0.05, 0) is 25.1 Å². The van der Waals surface area contributed by atoms with E-state index in [0.29, 0.717) is 29.3 Å². The summed E-state index contributed by atoms with van der Waals surface area (Å²) in [5.74, 6) is 0.338. The van der Waals surface area contributed by atoms with Crippen molar-refractivity contribution < 1.29 is 8.60 Å². The SMILES string of the molecule is NCCCS(=O)Cc1ccc(Cl)cc1F. The number of rotatable bonds is 5. The van der Waals surface area contributed by atoms with E-state index in [2.05, 4.69) is 0 Å². The third kappa shape index (κ3) is 4.28. The number of hydrogen-bond acceptors (Lipinski definition) is 2. The molecular formula is C10H13ClFNOS. The summed E-state index contributed by atoms with van der Waals surface area (Å²) in [7, 11) is -1.05. The van der Waals surface area contributed by atoms with Gasteiger partial charge in [0.2, 0.25) is 0 Å². The van der Waals surface area contributed by atoms with Crippen molar-refractivity contribution in [1.29, 1.82) is 0 Å². The summed E-state index contributed by atoms with van der Waals surface area (Å²) < 4.78 is 24.8. The van der Waals surface area contributed by atoms with Crippen molar-refractivity contribution in [3.05, 3.63) is 34.6 Å². The molecule has 2 nitrogen and oxygen atoms in total. The van der Waals surface area contributed by atoms with Crippen molar-refractivity contribution in [3.8, 4) is 0 Å². The van der Waals surface area contributed by atoms with Gasteiger partial charge in [-0.15, -0.1) is 0 Å². The molecule has 2 N–H and O–H groups in total. The van der Waals surface area contributed by atoms with Crippen LogP contribution in [0, 0.1) is 5.82 Å². The Hall–Kier alpha value is -0.450. The van der Waals surface area contributed by atoms with Gasteiger partial charge >= 0.3 is 0 Å². The Morgan fingerprint density at radius 3 is 2.80 bits per heavy atom. The molecule has 0 spiro atoms. The summed E-state index contributed by atoms with van der Waals surface area (Å²) in [6.45, 7) is 0.509. The molecule has 1 aromatic carbocycles. The maximum atomic E-state index is 13.3. The minimum atomic E-state index is -1.05. The standard InChI is InChI=1S/C10H13ClFNOS/c11-9-3-2-8(10(12)6-9)7-15(14)5-1-4-13/h2-3,6H,1,4-5,7,13H2. The predicted octanol–water partition coefficient (Wildman–Crippen LogP) is 2.08. The summed E-state index contributed by atoms with van der Waals surface area (Å²) >= 11 is 5.60. The molecular weight excluding hydrogens is 237 g/mol. The lowest BCUT2D eigenvalue weighted by Crippen LogP contribution is -2.08. The lowest BCUT2D eigenvalue weighted by atomic mass is 10.2. The first-order chi connectivity index (χ1) is 7.13. The maximum Gasteiger partial charge on any atom is 0.128 e. The van der Waals surface area contributed by atoms with Crippen LogP contribution in [0.2, 0.25) is 5.02 Å². The highest BCUT2D eigenvalue weighted by atomic mass is 35.5. The molecule has 5 heteroatoms. The van der Waals surface area contributed by atoms with Crippen molar-refractivity contribution in [1.82, 2.24) is 0 Å². The van der Waals surface area contributed by atoms with Gasteiger partial charge in [-0.25, -0.2) is 4.39 Å². The number of hydrogen-bond donors (Lipinski definition) is 1. The molecule has 0 aromatic heterocycles. The summed E-state index contributed by atoms with van der Waals surface area (Å²) in [5, 5.41) is 0.351. The molecule has 1 atom stereocenters. The number of benzene rings is 1. The summed E-state index contributed by atoms with van der Waals surface area (Å²) in [5.41, 5.74) is 5.73. The van der Waals surface area contributed by atoms with Crippen LogP contribution in [0.25, 0.3) is 0 Å². The molecule has 0 aliphatic heterocycles. The molecule has 84 valence electrons. The van der Waals surface area contributed by atoms with E-state index in [-0.39, 0.29) is 5.75 Å². The third-order valence-electron chi connectivity index (χ3n) is 1.91. The van der Waals surface area contributed by atoms with E-state index < -0.39 is 16.6 Å². The van der Waals surface area contributed by atoms with Crippen molar-refractivity contribution in [2.75, 3.05) is 12.3 Å². The first kappa shape index (κ1) is 12.6. The molecule has 0 bridgehead atoms. The van der Waals surface area contributed by atoms with Crippen LogP contribution in [-0.4, -0.2) is 16.5 Å². The topological polar surface area (TPSA) is 43.1 Å². The van der Waals surface area contributed by atoms with Crippen LogP contribution in [-0.2, 0) is 16.6 Å². The monoisotopic (exact) mass is 249 g/mol. The number of nitrogens with two attached hydrogens (primary N) is 1. The van der Waals surface area contributed by atoms with Crippen LogP contribution < -0.4 is 5.73 Å². The fraction of sp³-hybridized carbons (Fsp3) is 0.400. The molecule has 1 aromatic rings. The van der Waals surface area contributed by atoms with Crippen LogP contribution in [0.15, 0.2) is 18.2 Å². The molecule has 0 aliphatic carbocycles. The molecule has 15 heavy (non-hydrogen) atoms. The van der Waals surface area contributed by atoms with E-state index in [4.69, 9.17) is 17.3 Å². The predicted molar refractivity (Wildman–Crippen MR) is 61.8 cm³/mol. The summed E-state index contributed by atoms with van der Waals surface area (Å²) in [6, 6.07) is 4.40. The Balaban J connectivity index is 2.60. The molecule has 0 fully saturated rings. The largest absolute Gasteiger partial charge is 0.330 e. The van der Waals surface area contributed by atoms with Crippen LogP contribution in [0.4, 0.5) is 4.39 Å². The van der Waals surface area contributed by atoms with E-state index in [1.165, 1.54) is 6.07 Å². The van der Waals surface area contributed by atoms with Gasteiger partial charge in [0, 0.05) is 27.1 Å². The quantitative estimate of drug-likeness (QED) is 0.868. The van der Waals surface area contributed by atoms with Gasteiger partial charge in [-0.2, -0.15) is 0 Å². The van der Waals surface area contributed by atoms with Crippen LogP contribution in [0.1, 0.15) is 12.0 Å². The molecule has 0 saturated carbocycles. The van der Waals surface area contributed by atoms with Crippen LogP contribution in [0.3, 0.4) is 0 Å². The Morgan fingerprint density at radius 2 is 2.20 bits per heavy atom. The van der Waals surface area contributed by atoms with E-state index in [1.54, 1.807) is 12.1 Å². The van der Waals surface area contributed by atoms with Gasteiger partial charge in [0.25, 0.3) is 0 Å². The fourth-order valence-electron chi connectivity index (χ4n) is 1.13. The second-order valence-corrected chi connectivity index (χ2v) is 5.18. The normalized spacial score (nSPS) is 12.7. The smallest absolute Gasteiger partial charge is 0.128 e. The maximum absolute atomic E-state index is 13.3. The van der Waals surface area contributed by atoms with Crippen LogP contribution in [0.5, 0.6) is 0 Å². The van der Waals surface area contributed by atoms with Gasteiger partial charge in [0.05, 0.1) is 5.75 Å². The van der Waals surface area contributed by atoms with Crippen molar-refractivity contribution in [2.24, 2.45) is 5.73 Å². The summed E-state index contributed by atoms with van der Waals surface area (Å²) in [4.78, 5) is 0. The van der Waals surface area contributed by atoms with Gasteiger partial charge in [-0.3, -0.25) is 4.21 Å². The van der Waals surface area contributed by atoms with Crippen LogP contribution >= 0.6 is 11.6 Å². The van der Waals surface area contributed by atoms with Gasteiger partial charge in [-0.1, -0.05) is 17.7 Å². The van der Waals surface area contributed by atoms with Gasteiger partial charge in [0.1, 0.15) is 5.82 Å². The molecule has 1 unspecified atom stereocenters. The van der Waals surface area contributed by atoms with Gasteiger partial charge in [0.15, 0.2) is 0 Å². The van der Waals surface area contributed by atoms with E-state index >= 15 is 0 Å². The minimum Gasteiger partial charge on any atom is -0.330 e. The highest BCUT2D eigenvalue weighted by Gasteiger charge is 2.07. The zero-order valence-corrected chi connectivity index (χ0v) is 9.78. The van der Waals surface area contributed by atoms with Crippen molar-refractivity contribution in [2.45, 2.75) is 12.2 Å². The minimum absolute atomic E-state index is 0.225. The number of halogens is 2. The second kappa shape index (κ2) is 6.20. The molecule has 1 rings (SSSR count). The average molecular weight is 250 g/mol. The Morgan fingerprint density at radius 1 is 1.47 bits per heavy atom. The molecule has 0 amide bonds. The fourth-order valence-corrected chi connectivity index (χ4v) is 2.50. The lowest BCUT2D eigenvalue weighted by molar-refractivity contribution is 0.615. The lowest BCUT2D eigenvalue weighted by Gasteiger charge is -2.03. The first-order valence-corrected chi connectivity index (χ1v) is 6.49. The van der Waals surface area contributed by atoms with Gasteiger partial charge < -0.3 is 5.73 Å². The Bertz CT molecular complexity index is 359. The van der Waals surface area contributed by atoms with E-state index in [0.717, 1.165) is 0 Å². The Labute approximate surface area is 96.1 Å². The van der Waals surface area contributed by atoms with Crippen molar-refractivity contribution >= 4 is 22.4 Å². The molecule has 0 saturated heterocycles.